The van der Waals surface area contributed by atoms with Gasteiger partial charge in [-0.3, -0.25) is 14.9 Å². The van der Waals surface area contributed by atoms with Crippen LogP contribution in [0.4, 0.5) is 11.4 Å². The number of aromatic nitrogens is 2. The van der Waals surface area contributed by atoms with E-state index in [0.29, 0.717) is 18.2 Å². The van der Waals surface area contributed by atoms with Crippen molar-refractivity contribution in [3.8, 4) is 0 Å². The van der Waals surface area contributed by atoms with Crippen LogP contribution in [0.5, 0.6) is 0 Å². The van der Waals surface area contributed by atoms with E-state index in [2.05, 4.69) is 10.3 Å². The Morgan fingerprint density at radius 2 is 2.19 bits per heavy atom. The molecule has 1 saturated carbocycles. The second-order valence-electron chi connectivity index (χ2n) is 7.29. The SMILES string of the molecule is Cn1ccnc1C(=O)c1ccc(NC2CCOC(C3CC3)C2)c([N+](=O)[O-])c1. The molecule has 142 valence electrons. The van der Waals surface area contributed by atoms with Crippen LogP contribution in [0.1, 0.15) is 41.9 Å². The van der Waals surface area contributed by atoms with E-state index in [4.69, 9.17) is 4.74 Å². The fourth-order valence-corrected chi connectivity index (χ4v) is 3.64. The number of benzene rings is 1. The summed E-state index contributed by atoms with van der Waals surface area (Å²) in [6, 6.07) is 4.70. The highest BCUT2D eigenvalue weighted by Crippen LogP contribution is 2.39. The van der Waals surface area contributed by atoms with Gasteiger partial charge in [-0.15, -0.1) is 0 Å². The van der Waals surface area contributed by atoms with Gasteiger partial charge in [0, 0.05) is 43.7 Å². The summed E-state index contributed by atoms with van der Waals surface area (Å²) >= 11 is 0. The molecule has 1 saturated heterocycles. The molecule has 1 N–H and O–H groups in total. The van der Waals surface area contributed by atoms with Gasteiger partial charge < -0.3 is 14.6 Å². The molecule has 8 heteroatoms. The monoisotopic (exact) mass is 370 g/mol. The first-order valence-corrected chi connectivity index (χ1v) is 9.21. The van der Waals surface area contributed by atoms with Crippen LogP contribution in [0, 0.1) is 16.0 Å². The summed E-state index contributed by atoms with van der Waals surface area (Å²) in [5.74, 6) is 0.557. The van der Waals surface area contributed by atoms with Crippen molar-refractivity contribution in [2.24, 2.45) is 13.0 Å². The zero-order valence-electron chi connectivity index (χ0n) is 15.1. The fourth-order valence-electron chi connectivity index (χ4n) is 3.64. The van der Waals surface area contributed by atoms with Crippen LogP contribution in [-0.2, 0) is 11.8 Å². The second-order valence-corrected chi connectivity index (χ2v) is 7.29. The maximum Gasteiger partial charge on any atom is 0.293 e. The Labute approximate surface area is 156 Å². The van der Waals surface area contributed by atoms with E-state index in [9.17, 15) is 14.9 Å². The molecule has 2 unspecified atom stereocenters. The number of anilines is 1. The predicted octanol–water partition coefficient (Wildman–Crippen LogP) is 2.93. The van der Waals surface area contributed by atoms with Crippen molar-refractivity contribution >= 4 is 17.2 Å². The molecule has 2 aromatic rings. The minimum Gasteiger partial charge on any atom is -0.378 e. The zero-order chi connectivity index (χ0) is 19.0. The number of hydrogen-bond acceptors (Lipinski definition) is 6. The van der Waals surface area contributed by atoms with Crippen LogP contribution >= 0.6 is 0 Å². The van der Waals surface area contributed by atoms with E-state index in [-0.39, 0.29) is 35.0 Å². The van der Waals surface area contributed by atoms with E-state index >= 15 is 0 Å². The Kier molecular flexibility index (Phi) is 4.65. The molecule has 2 fully saturated rings. The lowest BCUT2D eigenvalue weighted by molar-refractivity contribution is -0.384. The Morgan fingerprint density at radius 3 is 2.85 bits per heavy atom. The molecule has 0 radical (unpaired) electrons. The van der Waals surface area contributed by atoms with E-state index in [1.807, 2.05) is 0 Å². The smallest absolute Gasteiger partial charge is 0.293 e. The first-order chi connectivity index (χ1) is 13.0. The number of hydrogen-bond donors (Lipinski definition) is 1. The predicted molar refractivity (Wildman–Crippen MR) is 98.8 cm³/mol. The summed E-state index contributed by atoms with van der Waals surface area (Å²) in [7, 11) is 1.71. The fraction of sp³-hybridized carbons (Fsp3) is 0.474. The zero-order valence-corrected chi connectivity index (χ0v) is 15.1. The number of nitro benzene ring substituents is 1. The average Bonchev–Trinajstić information content (AvgIpc) is 3.43. The van der Waals surface area contributed by atoms with Gasteiger partial charge in [0.2, 0.25) is 5.78 Å². The van der Waals surface area contributed by atoms with Gasteiger partial charge in [0.25, 0.3) is 5.69 Å². The molecule has 1 aliphatic carbocycles. The van der Waals surface area contributed by atoms with Crippen LogP contribution < -0.4 is 5.32 Å². The van der Waals surface area contributed by atoms with Crippen LogP contribution in [0.25, 0.3) is 0 Å². The topological polar surface area (TPSA) is 99.3 Å². The lowest BCUT2D eigenvalue weighted by Crippen LogP contribution is -2.35. The maximum atomic E-state index is 12.6. The average molecular weight is 370 g/mol. The second kappa shape index (κ2) is 7.11. The summed E-state index contributed by atoms with van der Waals surface area (Å²) in [4.78, 5) is 27.7. The summed E-state index contributed by atoms with van der Waals surface area (Å²) < 4.78 is 7.42. The highest BCUT2D eigenvalue weighted by molar-refractivity contribution is 6.07. The minimum absolute atomic E-state index is 0.0930. The third kappa shape index (κ3) is 3.71. The maximum absolute atomic E-state index is 12.6. The standard InChI is InChI=1S/C19H22N4O4/c1-22-8-7-20-19(22)18(24)13-4-5-15(16(10-13)23(25)26)21-14-6-9-27-17(11-14)12-2-3-12/h4-5,7-8,10,12,14,17,21H,2-3,6,9,11H2,1H3. The third-order valence-corrected chi connectivity index (χ3v) is 5.30. The van der Waals surface area contributed by atoms with Crippen LogP contribution in [0.3, 0.4) is 0 Å². The lowest BCUT2D eigenvalue weighted by atomic mass is 9.99. The molecule has 1 aromatic heterocycles. The number of carbonyl (C=O) groups excluding carboxylic acids is 1. The normalized spacial score (nSPS) is 22.4. The Hall–Kier alpha value is -2.74. The van der Waals surface area contributed by atoms with Gasteiger partial charge in [0.15, 0.2) is 5.82 Å². The van der Waals surface area contributed by atoms with Gasteiger partial charge in [0.1, 0.15) is 5.69 Å². The molecule has 2 aliphatic rings. The summed E-state index contributed by atoms with van der Waals surface area (Å²) in [5.41, 5.74) is 0.603. The number of nitro groups is 1. The third-order valence-electron chi connectivity index (χ3n) is 5.30. The minimum atomic E-state index is -0.449. The summed E-state index contributed by atoms with van der Waals surface area (Å²) in [6.45, 7) is 0.669. The number of ketones is 1. The molecule has 27 heavy (non-hydrogen) atoms. The first kappa shape index (κ1) is 17.7. The van der Waals surface area contributed by atoms with Gasteiger partial charge in [0.05, 0.1) is 11.0 Å². The number of carbonyl (C=O) groups is 1. The Balaban J connectivity index is 1.55. The summed E-state index contributed by atoms with van der Waals surface area (Å²) in [6.07, 6.45) is 7.53. The number of nitrogens with zero attached hydrogens (tertiary/aromatic N) is 3. The summed E-state index contributed by atoms with van der Waals surface area (Å²) in [5, 5.41) is 14.9. The van der Waals surface area contributed by atoms with Crippen LogP contribution in [0.2, 0.25) is 0 Å². The first-order valence-electron chi connectivity index (χ1n) is 9.21. The number of ether oxygens (including phenoxy) is 1. The lowest BCUT2D eigenvalue weighted by Gasteiger charge is -2.30. The highest BCUT2D eigenvalue weighted by Gasteiger charge is 2.36. The number of nitrogens with one attached hydrogen (secondary N) is 1. The van der Waals surface area contributed by atoms with E-state index < -0.39 is 4.92 Å². The molecule has 1 aromatic carbocycles. The van der Waals surface area contributed by atoms with Crippen molar-refractivity contribution in [1.82, 2.24) is 9.55 Å². The molecule has 0 amide bonds. The van der Waals surface area contributed by atoms with Crippen molar-refractivity contribution in [3.05, 3.63) is 52.1 Å². The van der Waals surface area contributed by atoms with Gasteiger partial charge in [-0.25, -0.2) is 4.98 Å². The van der Waals surface area contributed by atoms with Crippen LogP contribution in [-0.4, -0.2) is 39.0 Å². The van der Waals surface area contributed by atoms with Crippen molar-refractivity contribution in [2.75, 3.05) is 11.9 Å². The molecular formula is C19H22N4O4. The molecule has 4 rings (SSSR count). The molecular weight excluding hydrogens is 348 g/mol. The number of imidazole rings is 1. The molecule has 2 heterocycles. The quantitative estimate of drug-likeness (QED) is 0.477. The van der Waals surface area contributed by atoms with Gasteiger partial charge >= 0.3 is 0 Å². The van der Waals surface area contributed by atoms with Crippen molar-refractivity contribution in [1.29, 1.82) is 0 Å². The molecule has 0 spiro atoms. The highest BCUT2D eigenvalue weighted by atomic mass is 16.6. The Bertz CT molecular complexity index is 874. The van der Waals surface area contributed by atoms with Gasteiger partial charge in [-0.1, -0.05) is 0 Å². The van der Waals surface area contributed by atoms with Crippen molar-refractivity contribution in [2.45, 2.75) is 37.8 Å². The van der Waals surface area contributed by atoms with E-state index in [1.54, 1.807) is 29.9 Å². The van der Waals surface area contributed by atoms with Crippen molar-refractivity contribution < 1.29 is 14.5 Å². The molecule has 2 atom stereocenters. The van der Waals surface area contributed by atoms with Gasteiger partial charge in [-0.05, 0) is 43.7 Å². The van der Waals surface area contributed by atoms with E-state index in [1.165, 1.54) is 25.1 Å². The largest absolute Gasteiger partial charge is 0.378 e. The number of rotatable bonds is 6. The van der Waals surface area contributed by atoms with Crippen LogP contribution in [0.15, 0.2) is 30.6 Å². The molecule has 8 nitrogen and oxygen atoms in total. The van der Waals surface area contributed by atoms with Crippen molar-refractivity contribution in [3.63, 3.8) is 0 Å². The van der Waals surface area contributed by atoms with Gasteiger partial charge in [-0.2, -0.15) is 0 Å². The molecule has 0 bridgehead atoms. The number of aryl methyl sites for hydroxylation is 1. The van der Waals surface area contributed by atoms with E-state index in [0.717, 1.165) is 12.8 Å². The Morgan fingerprint density at radius 1 is 1.37 bits per heavy atom. The molecule has 1 aliphatic heterocycles.